The topological polar surface area (TPSA) is 216 Å². The Morgan fingerprint density at radius 3 is 2.03 bits per heavy atom. The van der Waals surface area contributed by atoms with Gasteiger partial charge in [0, 0.05) is 19.4 Å². The number of nitrogens with two attached hydrogens (primary N) is 1. The van der Waals surface area contributed by atoms with Crippen LogP contribution in [0, 0.1) is 5.92 Å². The molecule has 5 atom stereocenters. The van der Waals surface area contributed by atoms with Crippen LogP contribution in [0.15, 0.2) is 0 Å². The summed E-state index contributed by atoms with van der Waals surface area (Å²) in [5.74, 6) is -6.01. The monoisotopic (exact) mass is 486 g/mol. The van der Waals surface area contributed by atoms with Crippen molar-refractivity contribution in [3.63, 3.8) is 0 Å². The van der Waals surface area contributed by atoms with Crippen molar-refractivity contribution in [3.05, 3.63) is 0 Å². The molecule has 0 spiro atoms. The summed E-state index contributed by atoms with van der Waals surface area (Å²) < 4.78 is 0. The summed E-state index contributed by atoms with van der Waals surface area (Å²) in [7, 11) is 0. The molecule has 0 aromatic rings. The molecule has 0 aromatic carbocycles. The molecule has 3 amide bonds. The number of carboxylic acid groups (broad SMARTS) is 3. The number of nitrogens with one attached hydrogen (secondary N) is 2. The summed E-state index contributed by atoms with van der Waals surface area (Å²) in [6.07, 6.45) is -0.141. The van der Waals surface area contributed by atoms with Gasteiger partial charge in [-0.25, -0.2) is 4.79 Å². The largest absolute Gasteiger partial charge is 0.481 e. The van der Waals surface area contributed by atoms with Gasteiger partial charge < -0.3 is 36.6 Å². The molecule has 1 aliphatic rings. The number of nitrogens with zero attached hydrogens (tertiary/aromatic N) is 1. The lowest BCUT2D eigenvalue weighted by atomic mass is 9.98. The number of hydrogen-bond acceptors (Lipinski definition) is 7. The third kappa shape index (κ3) is 8.61. The fourth-order valence-electron chi connectivity index (χ4n) is 3.60. The van der Waals surface area contributed by atoms with Crippen molar-refractivity contribution in [2.75, 3.05) is 6.54 Å². The minimum Gasteiger partial charge on any atom is -0.481 e. The van der Waals surface area contributed by atoms with E-state index in [1.807, 2.05) is 6.92 Å². The SMILES string of the molecule is CCC(C)C(N)C(=O)NC(CCC(=O)O)C(=O)N1CCCC1C(=O)NC(CCC(=O)O)C(=O)O. The maximum atomic E-state index is 13.2. The van der Waals surface area contributed by atoms with Crippen LogP contribution in [-0.2, 0) is 28.8 Å². The second-order valence-electron chi connectivity index (χ2n) is 8.43. The van der Waals surface area contributed by atoms with Crippen LogP contribution in [0.3, 0.4) is 0 Å². The van der Waals surface area contributed by atoms with E-state index in [0.29, 0.717) is 12.8 Å². The molecule has 0 aromatic heterocycles. The van der Waals surface area contributed by atoms with Gasteiger partial charge in [0.15, 0.2) is 0 Å². The van der Waals surface area contributed by atoms with Gasteiger partial charge in [-0.15, -0.1) is 0 Å². The molecule has 0 radical (unpaired) electrons. The Morgan fingerprint density at radius 1 is 0.971 bits per heavy atom. The average Bonchev–Trinajstić information content (AvgIpc) is 3.27. The molecule has 192 valence electrons. The van der Waals surface area contributed by atoms with Gasteiger partial charge in [0.2, 0.25) is 17.7 Å². The molecule has 1 heterocycles. The average molecular weight is 487 g/mol. The zero-order chi connectivity index (χ0) is 26.0. The zero-order valence-electron chi connectivity index (χ0n) is 19.4. The van der Waals surface area contributed by atoms with Crippen molar-refractivity contribution >= 4 is 35.6 Å². The second-order valence-corrected chi connectivity index (χ2v) is 8.43. The number of likely N-dealkylation sites (tertiary alicyclic amines) is 1. The highest BCUT2D eigenvalue weighted by Crippen LogP contribution is 2.20. The van der Waals surface area contributed by atoms with Crippen molar-refractivity contribution in [1.82, 2.24) is 15.5 Å². The standard InChI is InChI=1S/C21H34N4O9/c1-3-11(2)17(22)19(31)23-12(6-8-15(26)27)20(32)25-10-4-5-14(25)18(30)24-13(21(33)34)7-9-16(28)29/h11-14,17H,3-10,22H2,1-2H3,(H,23,31)(H,24,30)(H,26,27)(H,28,29)(H,33,34). The van der Waals surface area contributed by atoms with Gasteiger partial charge in [-0.05, 0) is 31.6 Å². The van der Waals surface area contributed by atoms with Gasteiger partial charge in [0.1, 0.15) is 18.1 Å². The molecule has 1 saturated heterocycles. The smallest absolute Gasteiger partial charge is 0.326 e. The fourth-order valence-corrected chi connectivity index (χ4v) is 3.60. The molecule has 0 bridgehead atoms. The molecule has 5 unspecified atom stereocenters. The van der Waals surface area contributed by atoms with Crippen LogP contribution in [0.5, 0.6) is 0 Å². The minimum atomic E-state index is -1.45. The van der Waals surface area contributed by atoms with Crippen LogP contribution < -0.4 is 16.4 Å². The molecule has 1 aliphatic heterocycles. The number of amides is 3. The third-order valence-electron chi connectivity index (χ3n) is 5.92. The highest BCUT2D eigenvalue weighted by atomic mass is 16.4. The molecular formula is C21H34N4O9. The van der Waals surface area contributed by atoms with Crippen molar-refractivity contribution in [2.24, 2.45) is 11.7 Å². The molecular weight excluding hydrogens is 452 g/mol. The first kappa shape index (κ1) is 28.8. The maximum Gasteiger partial charge on any atom is 0.326 e. The fraction of sp³-hybridized carbons (Fsp3) is 0.714. The Bertz CT molecular complexity index is 788. The van der Waals surface area contributed by atoms with E-state index in [9.17, 15) is 33.9 Å². The van der Waals surface area contributed by atoms with Gasteiger partial charge in [-0.2, -0.15) is 0 Å². The van der Waals surface area contributed by atoms with E-state index < -0.39 is 72.6 Å². The molecule has 13 nitrogen and oxygen atoms in total. The lowest BCUT2D eigenvalue weighted by Crippen LogP contribution is -2.57. The summed E-state index contributed by atoms with van der Waals surface area (Å²) in [5, 5.41) is 31.9. The van der Waals surface area contributed by atoms with E-state index >= 15 is 0 Å². The number of aliphatic carboxylic acids is 3. The molecule has 7 N–H and O–H groups in total. The van der Waals surface area contributed by atoms with Crippen LogP contribution in [0.4, 0.5) is 0 Å². The summed E-state index contributed by atoms with van der Waals surface area (Å²) in [4.78, 5) is 72.9. The predicted octanol–water partition coefficient (Wildman–Crippen LogP) is -0.865. The van der Waals surface area contributed by atoms with Crippen molar-refractivity contribution in [1.29, 1.82) is 0 Å². The Kier molecular flexibility index (Phi) is 11.4. The lowest BCUT2D eigenvalue weighted by Gasteiger charge is -2.30. The third-order valence-corrected chi connectivity index (χ3v) is 5.92. The summed E-state index contributed by atoms with van der Waals surface area (Å²) in [6, 6.07) is -4.62. The number of carbonyl (C=O) groups excluding carboxylic acids is 3. The second kappa shape index (κ2) is 13.5. The zero-order valence-corrected chi connectivity index (χ0v) is 19.4. The molecule has 34 heavy (non-hydrogen) atoms. The first-order chi connectivity index (χ1) is 15.9. The van der Waals surface area contributed by atoms with E-state index in [2.05, 4.69) is 10.6 Å². The Hall–Kier alpha value is -3.22. The normalized spacial score (nSPS) is 18.9. The van der Waals surface area contributed by atoms with Gasteiger partial charge >= 0.3 is 17.9 Å². The number of hydrogen-bond donors (Lipinski definition) is 6. The van der Waals surface area contributed by atoms with Crippen LogP contribution in [-0.4, -0.2) is 86.6 Å². The first-order valence-electron chi connectivity index (χ1n) is 11.2. The molecule has 0 aliphatic carbocycles. The van der Waals surface area contributed by atoms with Crippen molar-refractivity contribution in [3.8, 4) is 0 Å². The Labute approximate surface area is 197 Å². The molecule has 1 fully saturated rings. The van der Waals surface area contributed by atoms with Crippen LogP contribution in [0.25, 0.3) is 0 Å². The van der Waals surface area contributed by atoms with Crippen molar-refractivity contribution in [2.45, 2.75) is 83.0 Å². The lowest BCUT2D eigenvalue weighted by molar-refractivity contribution is -0.145. The quantitative estimate of drug-likeness (QED) is 0.178. The molecule has 13 heteroatoms. The van der Waals surface area contributed by atoms with Crippen LogP contribution >= 0.6 is 0 Å². The van der Waals surface area contributed by atoms with E-state index in [4.69, 9.17) is 15.9 Å². The summed E-state index contributed by atoms with van der Waals surface area (Å²) in [5.41, 5.74) is 5.92. The van der Waals surface area contributed by atoms with E-state index in [1.54, 1.807) is 6.92 Å². The van der Waals surface area contributed by atoms with Gasteiger partial charge in [0.05, 0.1) is 6.04 Å². The minimum absolute atomic E-state index is 0.153. The van der Waals surface area contributed by atoms with Gasteiger partial charge in [0.25, 0.3) is 0 Å². The number of rotatable bonds is 14. The Morgan fingerprint density at radius 2 is 1.53 bits per heavy atom. The summed E-state index contributed by atoms with van der Waals surface area (Å²) in [6.45, 7) is 3.77. The number of carbonyl (C=O) groups is 6. The molecule has 0 saturated carbocycles. The summed E-state index contributed by atoms with van der Waals surface area (Å²) >= 11 is 0. The van der Waals surface area contributed by atoms with Crippen LogP contribution in [0.2, 0.25) is 0 Å². The van der Waals surface area contributed by atoms with E-state index in [1.165, 1.54) is 4.90 Å². The van der Waals surface area contributed by atoms with Crippen molar-refractivity contribution < 1.29 is 44.1 Å². The molecule has 1 rings (SSSR count). The Balaban J connectivity index is 2.98. The van der Waals surface area contributed by atoms with Gasteiger partial charge in [-0.3, -0.25) is 24.0 Å². The van der Waals surface area contributed by atoms with Crippen LogP contribution in [0.1, 0.15) is 58.8 Å². The predicted molar refractivity (Wildman–Crippen MR) is 117 cm³/mol. The highest BCUT2D eigenvalue weighted by Gasteiger charge is 2.39. The first-order valence-corrected chi connectivity index (χ1v) is 11.2. The maximum absolute atomic E-state index is 13.2. The van der Waals surface area contributed by atoms with E-state index in [-0.39, 0.29) is 31.7 Å². The van der Waals surface area contributed by atoms with Gasteiger partial charge in [-0.1, -0.05) is 20.3 Å². The van der Waals surface area contributed by atoms with E-state index in [0.717, 1.165) is 0 Å². The highest BCUT2D eigenvalue weighted by molar-refractivity contribution is 5.94. The number of carboxylic acids is 3.